The summed E-state index contributed by atoms with van der Waals surface area (Å²) in [5, 5.41) is 8.23. The van der Waals surface area contributed by atoms with Gasteiger partial charge in [-0.2, -0.15) is 0 Å². The highest BCUT2D eigenvalue weighted by Gasteiger charge is 2.36. The number of carboxylic acids is 1. The molecule has 1 atom stereocenters. The molecule has 1 aliphatic carbocycles. The standard InChI is InChI=1S/C7H11FO2/c1-4-2-5(3-4)6(8)7(9)10/h4-6H,2-3H2,1H3,(H,9,10). The second-order valence-electron chi connectivity index (χ2n) is 3.08. The van der Waals surface area contributed by atoms with Gasteiger partial charge in [0.1, 0.15) is 0 Å². The summed E-state index contributed by atoms with van der Waals surface area (Å²) in [6, 6.07) is 0. The van der Waals surface area contributed by atoms with Crippen LogP contribution in [0.25, 0.3) is 0 Å². The van der Waals surface area contributed by atoms with Gasteiger partial charge < -0.3 is 5.11 Å². The Kier molecular flexibility index (Phi) is 1.92. The Hall–Kier alpha value is -0.600. The zero-order valence-corrected chi connectivity index (χ0v) is 5.88. The number of aliphatic carboxylic acids is 1. The summed E-state index contributed by atoms with van der Waals surface area (Å²) in [5.41, 5.74) is 0. The maximum Gasteiger partial charge on any atom is 0.338 e. The maximum atomic E-state index is 12.5. The number of hydrogen-bond donors (Lipinski definition) is 1. The van der Waals surface area contributed by atoms with E-state index in [0.29, 0.717) is 5.92 Å². The molecule has 0 saturated heterocycles. The highest BCUT2D eigenvalue weighted by Crippen LogP contribution is 2.36. The van der Waals surface area contributed by atoms with Crippen molar-refractivity contribution in [2.24, 2.45) is 11.8 Å². The lowest BCUT2D eigenvalue weighted by atomic mass is 9.74. The maximum absolute atomic E-state index is 12.5. The molecular weight excluding hydrogens is 135 g/mol. The van der Waals surface area contributed by atoms with Crippen LogP contribution in [0.15, 0.2) is 0 Å². The van der Waals surface area contributed by atoms with E-state index >= 15 is 0 Å². The van der Waals surface area contributed by atoms with Crippen molar-refractivity contribution in [3.05, 3.63) is 0 Å². The predicted molar refractivity (Wildman–Crippen MR) is 34.4 cm³/mol. The van der Waals surface area contributed by atoms with E-state index in [2.05, 4.69) is 0 Å². The molecule has 0 aromatic carbocycles. The fourth-order valence-corrected chi connectivity index (χ4v) is 1.41. The number of carbonyl (C=O) groups is 1. The summed E-state index contributed by atoms with van der Waals surface area (Å²) in [5.74, 6) is -1.01. The van der Waals surface area contributed by atoms with Crippen molar-refractivity contribution in [3.8, 4) is 0 Å². The summed E-state index contributed by atoms with van der Waals surface area (Å²) in [4.78, 5) is 10.1. The lowest BCUT2D eigenvalue weighted by Gasteiger charge is -2.33. The van der Waals surface area contributed by atoms with Crippen LogP contribution in [0.4, 0.5) is 4.39 Å². The van der Waals surface area contributed by atoms with Crippen LogP contribution in [-0.2, 0) is 4.79 Å². The van der Waals surface area contributed by atoms with Crippen molar-refractivity contribution in [1.29, 1.82) is 0 Å². The Labute approximate surface area is 59.0 Å². The first kappa shape index (κ1) is 7.51. The van der Waals surface area contributed by atoms with E-state index < -0.39 is 12.1 Å². The SMILES string of the molecule is CC1CC(C(F)C(=O)O)C1. The predicted octanol–water partition coefficient (Wildman–Crippen LogP) is 1.46. The van der Waals surface area contributed by atoms with Gasteiger partial charge in [-0.05, 0) is 18.8 Å². The van der Waals surface area contributed by atoms with Crippen molar-refractivity contribution in [1.82, 2.24) is 0 Å². The van der Waals surface area contributed by atoms with Gasteiger partial charge in [0.2, 0.25) is 0 Å². The quantitative estimate of drug-likeness (QED) is 0.640. The average Bonchev–Trinajstić information content (AvgIpc) is 1.79. The van der Waals surface area contributed by atoms with E-state index in [0.717, 1.165) is 12.8 Å². The van der Waals surface area contributed by atoms with Crippen LogP contribution in [0.3, 0.4) is 0 Å². The highest BCUT2D eigenvalue weighted by atomic mass is 19.1. The number of rotatable bonds is 2. The molecule has 1 N–H and O–H groups in total. The minimum atomic E-state index is -1.63. The minimum Gasteiger partial charge on any atom is -0.479 e. The molecular formula is C7H11FO2. The molecule has 1 unspecified atom stereocenters. The molecule has 0 aromatic rings. The van der Waals surface area contributed by atoms with Crippen LogP contribution in [0, 0.1) is 11.8 Å². The first-order valence-corrected chi connectivity index (χ1v) is 3.48. The van der Waals surface area contributed by atoms with Crippen molar-refractivity contribution in [2.45, 2.75) is 25.9 Å². The molecule has 1 aliphatic rings. The molecule has 0 amide bonds. The lowest BCUT2D eigenvalue weighted by Crippen LogP contribution is -2.34. The topological polar surface area (TPSA) is 37.3 Å². The Bertz CT molecular complexity index is 141. The van der Waals surface area contributed by atoms with Crippen LogP contribution >= 0.6 is 0 Å². The van der Waals surface area contributed by atoms with Gasteiger partial charge in [-0.25, -0.2) is 9.18 Å². The zero-order chi connectivity index (χ0) is 7.72. The van der Waals surface area contributed by atoms with Crippen molar-refractivity contribution in [2.75, 3.05) is 0 Å². The third kappa shape index (κ3) is 1.28. The fourth-order valence-electron chi connectivity index (χ4n) is 1.41. The van der Waals surface area contributed by atoms with E-state index in [4.69, 9.17) is 5.11 Å². The molecule has 2 nitrogen and oxygen atoms in total. The summed E-state index contributed by atoms with van der Waals surface area (Å²) < 4.78 is 12.5. The summed E-state index contributed by atoms with van der Waals surface area (Å²) >= 11 is 0. The first-order chi connectivity index (χ1) is 4.61. The average molecular weight is 146 g/mol. The number of alkyl halides is 1. The van der Waals surface area contributed by atoms with Crippen molar-refractivity contribution >= 4 is 5.97 Å². The Morgan fingerprint density at radius 3 is 2.50 bits per heavy atom. The number of hydrogen-bond acceptors (Lipinski definition) is 1. The van der Waals surface area contributed by atoms with Crippen LogP contribution in [0.1, 0.15) is 19.8 Å². The van der Waals surface area contributed by atoms with Gasteiger partial charge in [0.25, 0.3) is 0 Å². The zero-order valence-electron chi connectivity index (χ0n) is 5.88. The van der Waals surface area contributed by atoms with Crippen molar-refractivity contribution in [3.63, 3.8) is 0 Å². The van der Waals surface area contributed by atoms with E-state index in [-0.39, 0.29) is 5.92 Å². The van der Waals surface area contributed by atoms with Gasteiger partial charge in [0.05, 0.1) is 0 Å². The van der Waals surface area contributed by atoms with Gasteiger partial charge in [0, 0.05) is 5.92 Å². The van der Waals surface area contributed by atoms with Crippen LogP contribution < -0.4 is 0 Å². The molecule has 0 aromatic heterocycles. The molecule has 1 fully saturated rings. The number of halogens is 1. The summed E-state index contributed by atoms with van der Waals surface area (Å²) in [7, 11) is 0. The van der Waals surface area contributed by atoms with Gasteiger partial charge in [-0.3, -0.25) is 0 Å². The molecule has 0 bridgehead atoms. The smallest absolute Gasteiger partial charge is 0.338 e. The Balaban J connectivity index is 2.31. The molecule has 3 heteroatoms. The largest absolute Gasteiger partial charge is 0.479 e. The Morgan fingerprint density at radius 2 is 2.20 bits per heavy atom. The Morgan fingerprint density at radius 1 is 1.70 bits per heavy atom. The third-order valence-electron chi connectivity index (χ3n) is 2.06. The van der Waals surface area contributed by atoms with Gasteiger partial charge in [0.15, 0.2) is 6.17 Å². The molecule has 10 heavy (non-hydrogen) atoms. The lowest BCUT2D eigenvalue weighted by molar-refractivity contribution is -0.147. The monoisotopic (exact) mass is 146 g/mol. The molecule has 0 radical (unpaired) electrons. The second-order valence-corrected chi connectivity index (χ2v) is 3.08. The molecule has 1 rings (SSSR count). The van der Waals surface area contributed by atoms with E-state index in [9.17, 15) is 9.18 Å². The fraction of sp³-hybridized carbons (Fsp3) is 0.857. The van der Waals surface area contributed by atoms with Crippen molar-refractivity contribution < 1.29 is 14.3 Å². The molecule has 0 aliphatic heterocycles. The van der Waals surface area contributed by atoms with Crippen LogP contribution in [0.2, 0.25) is 0 Å². The molecule has 58 valence electrons. The van der Waals surface area contributed by atoms with Gasteiger partial charge in [-0.1, -0.05) is 6.92 Å². The van der Waals surface area contributed by atoms with Crippen LogP contribution in [0.5, 0.6) is 0 Å². The normalized spacial score (nSPS) is 34.6. The summed E-state index contributed by atoms with van der Waals surface area (Å²) in [6.07, 6.45) is -0.169. The number of carboxylic acid groups (broad SMARTS) is 1. The molecule has 0 heterocycles. The van der Waals surface area contributed by atoms with Gasteiger partial charge in [-0.15, -0.1) is 0 Å². The van der Waals surface area contributed by atoms with E-state index in [1.54, 1.807) is 0 Å². The van der Waals surface area contributed by atoms with E-state index in [1.165, 1.54) is 0 Å². The van der Waals surface area contributed by atoms with Gasteiger partial charge >= 0.3 is 5.97 Å². The van der Waals surface area contributed by atoms with E-state index in [1.807, 2.05) is 6.92 Å². The van der Waals surface area contributed by atoms with Crippen LogP contribution in [-0.4, -0.2) is 17.2 Å². The molecule has 1 saturated carbocycles. The minimum absolute atomic E-state index is 0.215. The molecule has 0 spiro atoms. The first-order valence-electron chi connectivity index (χ1n) is 3.48. The second kappa shape index (κ2) is 2.56. The highest BCUT2D eigenvalue weighted by molar-refractivity contribution is 5.72. The summed E-state index contributed by atoms with van der Waals surface area (Å²) in [6.45, 7) is 2.01. The third-order valence-corrected chi connectivity index (χ3v) is 2.06.